The van der Waals surface area contributed by atoms with E-state index >= 15 is 0 Å². The van der Waals surface area contributed by atoms with Gasteiger partial charge in [-0.15, -0.1) is 0 Å². The molecule has 0 aromatic heterocycles. The number of esters is 1. The van der Waals surface area contributed by atoms with Crippen LogP contribution in [0.3, 0.4) is 0 Å². The van der Waals surface area contributed by atoms with Gasteiger partial charge < -0.3 is 32.8 Å². The number of rotatable bonds is 19. The van der Waals surface area contributed by atoms with Crippen molar-refractivity contribution in [1.29, 1.82) is 0 Å². The quantitative estimate of drug-likeness (QED) is 0.0790. The number of ether oxygens (including phenoxy) is 6. The van der Waals surface area contributed by atoms with E-state index in [1.807, 2.05) is 58.9 Å². The van der Waals surface area contributed by atoms with Crippen LogP contribution in [0.1, 0.15) is 128 Å². The Hall–Kier alpha value is -1.91. The van der Waals surface area contributed by atoms with Gasteiger partial charge in [0, 0.05) is 13.0 Å². The lowest BCUT2D eigenvalue weighted by molar-refractivity contribution is -0.188. The van der Waals surface area contributed by atoms with Crippen LogP contribution in [0.4, 0.5) is 0 Å². The molecule has 0 aliphatic carbocycles. The minimum absolute atomic E-state index is 0.160. The maximum Gasteiger partial charge on any atom is 0.311 e. The summed E-state index contributed by atoms with van der Waals surface area (Å²) in [5.74, 6) is 1.53. The molecule has 2 aliphatic heterocycles. The third-order valence-electron chi connectivity index (χ3n) is 11.2. The predicted octanol–water partition coefficient (Wildman–Crippen LogP) is 10.4. The van der Waals surface area contributed by atoms with E-state index in [4.69, 9.17) is 32.8 Å². The average molecular weight is 733 g/mol. The molecular weight excluding hydrogens is 661 g/mol. The molecule has 2 aliphatic rings. The number of methoxy groups -OCH3 is 1. The van der Waals surface area contributed by atoms with Gasteiger partial charge in [-0.05, 0) is 112 Å². The Morgan fingerprint density at radius 3 is 2.12 bits per heavy atom. The molecule has 1 aromatic carbocycles. The molecule has 9 heteroatoms. The van der Waals surface area contributed by atoms with Crippen molar-refractivity contribution in [3.05, 3.63) is 41.2 Å². The number of carbonyl (C=O) groups is 1. The van der Waals surface area contributed by atoms with E-state index in [-0.39, 0.29) is 18.0 Å². The van der Waals surface area contributed by atoms with Gasteiger partial charge in [-0.1, -0.05) is 67.5 Å². The fourth-order valence-corrected chi connectivity index (χ4v) is 13.3. The summed E-state index contributed by atoms with van der Waals surface area (Å²) in [5, 5.41) is 0. The number of carbonyl (C=O) groups excluding carboxylic acids is 1. The summed E-state index contributed by atoms with van der Waals surface area (Å²) >= 11 is 0. The smallest absolute Gasteiger partial charge is 0.311 e. The van der Waals surface area contributed by atoms with Gasteiger partial charge in [0.05, 0.1) is 44.7 Å². The van der Waals surface area contributed by atoms with E-state index in [1.165, 1.54) is 5.57 Å². The Labute approximate surface area is 311 Å². The topological polar surface area (TPSA) is 81.7 Å². The first-order valence-corrected chi connectivity index (χ1v) is 21.6. The molecule has 1 aromatic rings. The van der Waals surface area contributed by atoms with Crippen LogP contribution in [-0.4, -0.2) is 65.3 Å². The SMILES string of the molecule is COc1ccc(COCCCC2=C(C[C@H](C)[C@@H](C)COC(=O)C(C)(C)C)CC[C@@](CO[Si](C(C)C)(C(C)C)C(C)C)([C@@H]3COC(C)(C)O3)O2)cc1. The normalized spacial score (nSPS) is 22.4. The lowest BCUT2D eigenvalue weighted by Crippen LogP contribution is -2.57. The first-order valence-electron chi connectivity index (χ1n) is 19.5. The number of benzene rings is 1. The molecule has 0 saturated carbocycles. The van der Waals surface area contributed by atoms with E-state index < -0.39 is 25.1 Å². The van der Waals surface area contributed by atoms with Crippen molar-refractivity contribution in [2.24, 2.45) is 17.3 Å². The third-order valence-corrected chi connectivity index (χ3v) is 17.2. The Bertz CT molecular complexity index is 1240. The maximum absolute atomic E-state index is 12.5. The van der Waals surface area contributed by atoms with Gasteiger partial charge in [0.15, 0.2) is 11.4 Å². The lowest BCUT2D eigenvalue weighted by Gasteiger charge is -2.48. The molecule has 3 rings (SSSR count). The number of allylic oxidation sites excluding steroid dienone is 2. The monoisotopic (exact) mass is 732 g/mol. The average Bonchev–Trinajstić information content (AvgIpc) is 3.43. The van der Waals surface area contributed by atoms with Crippen LogP contribution < -0.4 is 4.74 Å². The molecule has 0 spiro atoms. The highest BCUT2D eigenvalue weighted by atomic mass is 28.4. The number of hydrogen-bond donors (Lipinski definition) is 0. The molecule has 8 nitrogen and oxygen atoms in total. The Kier molecular flexibility index (Phi) is 15.7. The van der Waals surface area contributed by atoms with Crippen molar-refractivity contribution in [2.75, 3.05) is 33.5 Å². The van der Waals surface area contributed by atoms with Crippen molar-refractivity contribution >= 4 is 14.3 Å². The largest absolute Gasteiger partial charge is 0.497 e. The lowest BCUT2D eigenvalue weighted by atomic mass is 9.81. The van der Waals surface area contributed by atoms with Crippen LogP contribution in [0.5, 0.6) is 5.75 Å². The van der Waals surface area contributed by atoms with Crippen molar-refractivity contribution in [1.82, 2.24) is 0 Å². The van der Waals surface area contributed by atoms with E-state index in [9.17, 15) is 4.79 Å². The molecule has 1 saturated heterocycles. The zero-order chi connectivity index (χ0) is 38.2. The molecule has 0 unspecified atom stereocenters. The fraction of sp³-hybridized carbons (Fsp3) is 0.786. The highest BCUT2D eigenvalue weighted by molar-refractivity contribution is 6.77. The van der Waals surface area contributed by atoms with Crippen LogP contribution in [0.2, 0.25) is 16.6 Å². The molecule has 0 bridgehead atoms. The van der Waals surface area contributed by atoms with Crippen molar-refractivity contribution in [3.8, 4) is 5.75 Å². The van der Waals surface area contributed by atoms with Crippen LogP contribution in [-0.2, 0) is 39.5 Å². The van der Waals surface area contributed by atoms with E-state index in [2.05, 4.69) is 55.4 Å². The second kappa shape index (κ2) is 18.4. The highest BCUT2D eigenvalue weighted by Crippen LogP contribution is 2.47. The van der Waals surface area contributed by atoms with Crippen molar-refractivity contribution < 1.29 is 37.6 Å². The summed E-state index contributed by atoms with van der Waals surface area (Å²) in [5.41, 5.74) is 2.64. The van der Waals surface area contributed by atoms with Gasteiger partial charge >= 0.3 is 5.97 Å². The van der Waals surface area contributed by atoms with Gasteiger partial charge in [-0.25, -0.2) is 0 Å². The van der Waals surface area contributed by atoms with E-state index in [0.29, 0.717) is 55.6 Å². The summed E-state index contributed by atoms with van der Waals surface area (Å²) in [6, 6.07) is 8.01. The van der Waals surface area contributed by atoms with Crippen LogP contribution in [0, 0.1) is 17.3 Å². The second-order valence-corrected chi connectivity index (χ2v) is 23.1. The molecule has 1 fully saturated rings. The van der Waals surface area contributed by atoms with Crippen molar-refractivity contribution in [2.45, 2.75) is 163 Å². The zero-order valence-electron chi connectivity index (χ0n) is 34.6. The minimum Gasteiger partial charge on any atom is -0.497 e. The molecule has 51 heavy (non-hydrogen) atoms. The summed E-state index contributed by atoms with van der Waals surface area (Å²) in [7, 11) is -0.517. The maximum atomic E-state index is 12.5. The van der Waals surface area contributed by atoms with E-state index in [1.54, 1.807) is 7.11 Å². The van der Waals surface area contributed by atoms with Crippen LogP contribution in [0.15, 0.2) is 35.6 Å². The highest BCUT2D eigenvalue weighted by Gasteiger charge is 2.54. The minimum atomic E-state index is -2.19. The molecule has 4 atom stereocenters. The van der Waals surface area contributed by atoms with Crippen molar-refractivity contribution in [3.63, 3.8) is 0 Å². The predicted molar refractivity (Wildman–Crippen MR) is 207 cm³/mol. The van der Waals surface area contributed by atoms with Gasteiger partial charge in [-0.3, -0.25) is 4.79 Å². The summed E-state index contributed by atoms with van der Waals surface area (Å²) in [6.07, 6.45) is 3.91. The van der Waals surface area contributed by atoms with Gasteiger partial charge in [0.1, 0.15) is 11.9 Å². The summed E-state index contributed by atoms with van der Waals surface area (Å²) in [4.78, 5) is 12.5. The molecule has 0 radical (unpaired) electrons. The summed E-state index contributed by atoms with van der Waals surface area (Å²) < 4.78 is 44.6. The first kappa shape index (κ1) is 43.5. The Balaban J connectivity index is 1.87. The Morgan fingerprint density at radius 1 is 0.961 bits per heavy atom. The summed E-state index contributed by atoms with van der Waals surface area (Å²) in [6.45, 7) is 30.6. The molecule has 292 valence electrons. The van der Waals surface area contributed by atoms with Gasteiger partial charge in [0.2, 0.25) is 8.32 Å². The van der Waals surface area contributed by atoms with Gasteiger partial charge in [-0.2, -0.15) is 0 Å². The zero-order valence-corrected chi connectivity index (χ0v) is 35.6. The first-order chi connectivity index (χ1) is 23.8. The second-order valence-electron chi connectivity index (χ2n) is 17.6. The van der Waals surface area contributed by atoms with Gasteiger partial charge in [0.25, 0.3) is 0 Å². The standard InChI is InChI=1S/C42H72O8Si/c1-29(2)51(30(3)4,31(5)6)48-28-42(38-27-47-41(12,13)50-38)22-21-35(24-32(7)33(8)25-46-39(43)40(9,10)11)37(49-42)16-15-23-45-26-34-17-19-36(44-14)20-18-34/h17-20,29-33,38H,15-16,21-28H2,1-14H3/t32-,33-,38-,42+/m0/s1. The number of hydrogen-bond acceptors (Lipinski definition) is 8. The Morgan fingerprint density at radius 2 is 1.59 bits per heavy atom. The van der Waals surface area contributed by atoms with E-state index in [0.717, 1.165) is 49.2 Å². The molecular formula is C42H72O8Si. The van der Waals surface area contributed by atoms with Crippen LogP contribution in [0.25, 0.3) is 0 Å². The molecule has 2 heterocycles. The molecule has 0 N–H and O–H groups in total. The fourth-order valence-electron chi connectivity index (χ4n) is 7.85. The third kappa shape index (κ3) is 11.5. The molecule has 0 amide bonds. The van der Waals surface area contributed by atoms with Crippen LogP contribution >= 0.6 is 0 Å².